The maximum absolute atomic E-state index is 12.6. The van der Waals surface area contributed by atoms with Crippen LogP contribution in [0.25, 0.3) is 0 Å². The van der Waals surface area contributed by atoms with E-state index in [2.05, 4.69) is 13.2 Å². The summed E-state index contributed by atoms with van der Waals surface area (Å²) in [7, 11) is 0. The van der Waals surface area contributed by atoms with Gasteiger partial charge in [-0.15, -0.1) is 0 Å². The van der Waals surface area contributed by atoms with E-state index in [1.807, 2.05) is 0 Å². The maximum Gasteiger partial charge on any atom is 0.410 e. The molecule has 3 heterocycles. The van der Waals surface area contributed by atoms with Crippen molar-refractivity contribution in [2.75, 3.05) is 26.3 Å². The second kappa shape index (κ2) is 8.82. The Bertz CT molecular complexity index is 743. The summed E-state index contributed by atoms with van der Waals surface area (Å²) in [6, 6.07) is -0.209. The maximum atomic E-state index is 12.6. The topological polar surface area (TPSA) is 96.4 Å². The number of carbonyl (C=O) groups excluding carboxylic acids is 3. The number of hydrogen-bond donors (Lipinski definition) is 1. The van der Waals surface area contributed by atoms with Gasteiger partial charge in [-0.1, -0.05) is 25.3 Å². The molecule has 0 aliphatic carbocycles. The molecule has 0 aromatic carbocycles. The van der Waals surface area contributed by atoms with Crippen molar-refractivity contribution in [2.45, 2.75) is 38.3 Å². The van der Waals surface area contributed by atoms with Crippen LogP contribution >= 0.6 is 0 Å². The number of amides is 2. The number of aliphatic hydroxyl groups is 1. The highest BCUT2D eigenvalue weighted by Gasteiger charge is 2.56. The van der Waals surface area contributed by atoms with Crippen LogP contribution in [0, 0.1) is 11.8 Å². The standard InChI is InChI=1S/C21H28N2O6/c1-4-8-28-20(26)18-15(11-16-17(13(3)24)19(25)23(16)18)10-14-6-7-22(12-14)21(27)29-9-5-2/h4-5,13-14,16-17,24H,1-2,6-12H2,3H3/t13-,14?,16-,17-/m1/s1. The smallest absolute Gasteiger partial charge is 0.410 e. The molecular formula is C21H28N2O6. The molecule has 1 unspecified atom stereocenters. The molecule has 8 heteroatoms. The van der Waals surface area contributed by atoms with Gasteiger partial charge in [0.1, 0.15) is 18.9 Å². The number of carbonyl (C=O) groups is 3. The quantitative estimate of drug-likeness (QED) is 0.375. The molecule has 2 amide bonds. The van der Waals surface area contributed by atoms with E-state index >= 15 is 0 Å². The number of β-lactam (4-membered cyclic amide) rings is 1. The van der Waals surface area contributed by atoms with Crippen molar-refractivity contribution in [2.24, 2.45) is 11.8 Å². The van der Waals surface area contributed by atoms with Gasteiger partial charge < -0.3 is 24.4 Å². The van der Waals surface area contributed by atoms with Crippen molar-refractivity contribution in [3.8, 4) is 0 Å². The summed E-state index contributed by atoms with van der Waals surface area (Å²) in [4.78, 5) is 40.3. The Kier molecular flexibility index (Phi) is 6.42. The Labute approximate surface area is 170 Å². The zero-order chi connectivity index (χ0) is 21.1. The van der Waals surface area contributed by atoms with E-state index < -0.39 is 18.0 Å². The van der Waals surface area contributed by atoms with Crippen LogP contribution in [-0.2, 0) is 19.1 Å². The van der Waals surface area contributed by atoms with Gasteiger partial charge in [0.2, 0.25) is 5.91 Å². The molecular weight excluding hydrogens is 376 g/mol. The van der Waals surface area contributed by atoms with Gasteiger partial charge in [0.25, 0.3) is 0 Å². The lowest BCUT2D eigenvalue weighted by molar-refractivity contribution is -0.162. The van der Waals surface area contributed by atoms with E-state index in [9.17, 15) is 19.5 Å². The van der Waals surface area contributed by atoms with E-state index in [1.54, 1.807) is 11.8 Å². The molecule has 2 fully saturated rings. The van der Waals surface area contributed by atoms with Crippen molar-refractivity contribution in [3.05, 3.63) is 36.6 Å². The normalized spacial score (nSPS) is 26.7. The number of fused-ring (bicyclic) bond motifs is 1. The minimum absolute atomic E-state index is 0.0640. The summed E-state index contributed by atoms with van der Waals surface area (Å²) in [6.45, 7) is 10.0. The monoisotopic (exact) mass is 404 g/mol. The van der Waals surface area contributed by atoms with Crippen LogP contribution in [0.2, 0.25) is 0 Å². The fraction of sp³-hybridized carbons (Fsp3) is 0.571. The van der Waals surface area contributed by atoms with Gasteiger partial charge in [-0.05, 0) is 37.7 Å². The summed E-state index contributed by atoms with van der Waals surface area (Å²) in [5, 5.41) is 9.93. The van der Waals surface area contributed by atoms with Crippen LogP contribution in [0.3, 0.4) is 0 Å². The largest absolute Gasteiger partial charge is 0.457 e. The Morgan fingerprint density at radius 1 is 1.28 bits per heavy atom. The van der Waals surface area contributed by atoms with Crippen molar-refractivity contribution in [1.29, 1.82) is 0 Å². The molecule has 0 saturated carbocycles. The van der Waals surface area contributed by atoms with E-state index in [4.69, 9.17) is 9.47 Å². The molecule has 1 N–H and O–H groups in total. The Balaban J connectivity index is 1.72. The summed E-state index contributed by atoms with van der Waals surface area (Å²) in [6.07, 6.45) is 3.79. The molecule has 3 rings (SSSR count). The molecule has 3 aliphatic heterocycles. The first-order valence-corrected chi connectivity index (χ1v) is 9.92. The van der Waals surface area contributed by atoms with Gasteiger partial charge in [-0.3, -0.25) is 4.79 Å². The number of hydrogen-bond acceptors (Lipinski definition) is 6. The zero-order valence-corrected chi connectivity index (χ0v) is 16.7. The average molecular weight is 404 g/mol. The SMILES string of the molecule is C=CCOC(=O)C1=C(CC2CCN(C(=O)OCC=C)C2)C[C@@H]2[C@@H]([C@@H](C)O)C(=O)N12. The highest BCUT2D eigenvalue weighted by Crippen LogP contribution is 2.46. The minimum Gasteiger partial charge on any atom is -0.457 e. The van der Waals surface area contributed by atoms with Gasteiger partial charge in [-0.2, -0.15) is 0 Å². The Morgan fingerprint density at radius 3 is 2.62 bits per heavy atom. The molecule has 8 nitrogen and oxygen atoms in total. The van der Waals surface area contributed by atoms with E-state index in [-0.39, 0.29) is 37.2 Å². The van der Waals surface area contributed by atoms with Gasteiger partial charge in [0.05, 0.1) is 18.1 Å². The van der Waals surface area contributed by atoms with Crippen LogP contribution in [0.1, 0.15) is 26.2 Å². The van der Waals surface area contributed by atoms with Crippen LogP contribution < -0.4 is 0 Å². The molecule has 2 saturated heterocycles. The second-order valence-electron chi connectivity index (χ2n) is 7.76. The fourth-order valence-corrected chi connectivity index (χ4v) is 4.47. The molecule has 4 atom stereocenters. The van der Waals surface area contributed by atoms with Crippen molar-refractivity contribution in [3.63, 3.8) is 0 Å². The fourth-order valence-electron chi connectivity index (χ4n) is 4.47. The lowest BCUT2D eigenvalue weighted by Crippen LogP contribution is -2.61. The summed E-state index contributed by atoms with van der Waals surface area (Å²) in [5.41, 5.74) is 1.15. The minimum atomic E-state index is -0.768. The van der Waals surface area contributed by atoms with Gasteiger partial charge in [-0.25, -0.2) is 9.59 Å². The van der Waals surface area contributed by atoms with Crippen molar-refractivity contribution >= 4 is 18.0 Å². The Morgan fingerprint density at radius 2 is 1.97 bits per heavy atom. The molecule has 3 aliphatic rings. The molecule has 0 spiro atoms. The van der Waals surface area contributed by atoms with Crippen molar-refractivity contribution in [1.82, 2.24) is 9.80 Å². The van der Waals surface area contributed by atoms with Crippen LogP contribution in [0.5, 0.6) is 0 Å². The highest BCUT2D eigenvalue weighted by atomic mass is 16.6. The molecule has 0 aromatic heterocycles. The summed E-state index contributed by atoms with van der Waals surface area (Å²) in [5.74, 6) is -1.11. The molecule has 29 heavy (non-hydrogen) atoms. The Hall–Kier alpha value is -2.61. The van der Waals surface area contributed by atoms with Crippen LogP contribution in [0.15, 0.2) is 36.6 Å². The molecule has 0 bridgehead atoms. The van der Waals surface area contributed by atoms with Crippen LogP contribution in [0.4, 0.5) is 4.79 Å². The predicted molar refractivity (Wildman–Crippen MR) is 104 cm³/mol. The molecule has 158 valence electrons. The molecule has 0 aromatic rings. The van der Waals surface area contributed by atoms with Crippen molar-refractivity contribution < 1.29 is 29.0 Å². The highest BCUT2D eigenvalue weighted by molar-refractivity contribution is 6.00. The van der Waals surface area contributed by atoms with E-state index in [1.165, 1.54) is 17.1 Å². The lowest BCUT2D eigenvalue weighted by atomic mass is 9.82. The van der Waals surface area contributed by atoms with Crippen LogP contribution in [-0.4, -0.2) is 71.3 Å². The molecule has 0 radical (unpaired) electrons. The number of aliphatic hydroxyl groups excluding tert-OH is 1. The summed E-state index contributed by atoms with van der Waals surface area (Å²) < 4.78 is 10.3. The first kappa shape index (κ1) is 21.1. The van der Waals surface area contributed by atoms with Gasteiger partial charge >= 0.3 is 12.1 Å². The second-order valence-corrected chi connectivity index (χ2v) is 7.76. The first-order valence-electron chi connectivity index (χ1n) is 9.92. The zero-order valence-electron chi connectivity index (χ0n) is 16.7. The third-order valence-electron chi connectivity index (χ3n) is 5.75. The number of ether oxygens (including phenoxy) is 2. The van der Waals surface area contributed by atoms with E-state index in [0.717, 1.165) is 12.0 Å². The number of rotatable bonds is 8. The first-order chi connectivity index (χ1) is 13.9. The third-order valence-corrected chi connectivity index (χ3v) is 5.75. The predicted octanol–water partition coefficient (Wildman–Crippen LogP) is 1.62. The number of esters is 1. The lowest BCUT2D eigenvalue weighted by Gasteiger charge is -2.44. The average Bonchev–Trinajstić information content (AvgIpc) is 3.27. The van der Waals surface area contributed by atoms with Gasteiger partial charge in [0.15, 0.2) is 0 Å². The third kappa shape index (κ3) is 4.07. The van der Waals surface area contributed by atoms with Gasteiger partial charge in [0, 0.05) is 13.1 Å². The number of nitrogens with zero attached hydrogens (tertiary/aromatic N) is 2. The summed E-state index contributed by atoms with van der Waals surface area (Å²) >= 11 is 0. The van der Waals surface area contributed by atoms with E-state index in [0.29, 0.717) is 31.6 Å². The number of likely N-dealkylation sites (tertiary alicyclic amines) is 1.